The maximum Gasteiger partial charge on any atom is 0.115 e. The number of rotatable bonds is 4. The minimum atomic E-state index is 0.676. The Morgan fingerprint density at radius 2 is 2.26 bits per heavy atom. The summed E-state index contributed by atoms with van der Waals surface area (Å²) in [5.41, 5.74) is 1.78. The van der Waals surface area contributed by atoms with Gasteiger partial charge in [-0.05, 0) is 52.8 Å². The van der Waals surface area contributed by atoms with E-state index in [-0.39, 0.29) is 0 Å². The van der Waals surface area contributed by atoms with E-state index in [4.69, 9.17) is 0 Å². The molecule has 0 fully saturated rings. The van der Waals surface area contributed by atoms with Crippen LogP contribution < -0.4 is 5.32 Å². The number of benzene rings is 1. The number of nitrogens with one attached hydrogen (secondary N) is 1. The zero-order valence-electron chi connectivity index (χ0n) is 10.4. The summed E-state index contributed by atoms with van der Waals surface area (Å²) in [4.78, 5) is 5.22. The summed E-state index contributed by atoms with van der Waals surface area (Å²) in [5, 5.41) is 13.2. The van der Waals surface area contributed by atoms with E-state index in [1.165, 1.54) is 11.8 Å². The zero-order valence-corrected chi connectivity index (χ0v) is 12.8. The number of pyridine rings is 1. The van der Waals surface area contributed by atoms with Crippen LogP contribution in [0.5, 0.6) is 0 Å². The summed E-state index contributed by atoms with van der Waals surface area (Å²) < 4.78 is 0.934. The lowest BCUT2D eigenvalue weighted by atomic mass is 10.1. The van der Waals surface area contributed by atoms with E-state index in [0.29, 0.717) is 5.56 Å². The first-order chi connectivity index (χ1) is 9.24. The van der Waals surface area contributed by atoms with E-state index in [1.807, 2.05) is 37.4 Å². The maximum absolute atomic E-state index is 9.24. The van der Waals surface area contributed by atoms with Crippen molar-refractivity contribution in [1.82, 2.24) is 10.3 Å². The molecule has 19 heavy (non-hydrogen) atoms. The summed E-state index contributed by atoms with van der Waals surface area (Å²) in [6.07, 6.45) is 1.74. The van der Waals surface area contributed by atoms with Crippen molar-refractivity contribution in [2.45, 2.75) is 16.5 Å². The van der Waals surface area contributed by atoms with Crippen LogP contribution in [0.25, 0.3) is 0 Å². The third kappa shape index (κ3) is 3.57. The number of hydrogen-bond acceptors (Lipinski definition) is 4. The van der Waals surface area contributed by atoms with Crippen LogP contribution in [0.4, 0.5) is 0 Å². The van der Waals surface area contributed by atoms with E-state index in [9.17, 15) is 5.26 Å². The highest BCUT2D eigenvalue weighted by atomic mass is 79.9. The minimum absolute atomic E-state index is 0.676. The lowest BCUT2D eigenvalue weighted by Crippen LogP contribution is -2.05. The van der Waals surface area contributed by atoms with E-state index in [2.05, 4.69) is 32.3 Å². The molecule has 0 saturated carbocycles. The number of hydrogen-bond donors (Lipinski definition) is 1. The molecule has 1 heterocycles. The summed E-state index contributed by atoms with van der Waals surface area (Å²) in [7, 11) is 1.89. The second-order valence-corrected chi connectivity index (χ2v) is 5.75. The summed E-state index contributed by atoms with van der Waals surface area (Å²) in [6.45, 7) is 0.757. The van der Waals surface area contributed by atoms with Gasteiger partial charge in [-0.25, -0.2) is 4.98 Å². The average molecular weight is 334 g/mol. The van der Waals surface area contributed by atoms with Gasteiger partial charge in [-0.1, -0.05) is 17.8 Å². The van der Waals surface area contributed by atoms with E-state index < -0.39 is 0 Å². The molecule has 0 aliphatic carbocycles. The largest absolute Gasteiger partial charge is 0.316 e. The standard InChI is InChI=1S/C14H12BrN3S/c1-17-9-10-4-5-13(11(7-10)8-16)19-14-12(15)3-2-6-18-14/h2-7,17H,9H2,1H3. The first kappa shape index (κ1) is 14.1. The molecule has 0 radical (unpaired) electrons. The van der Waals surface area contributed by atoms with Crippen LogP contribution in [-0.4, -0.2) is 12.0 Å². The Balaban J connectivity index is 2.31. The van der Waals surface area contributed by atoms with Gasteiger partial charge in [0.2, 0.25) is 0 Å². The van der Waals surface area contributed by atoms with Gasteiger partial charge in [0, 0.05) is 17.6 Å². The molecular weight excluding hydrogens is 322 g/mol. The smallest absolute Gasteiger partial charge is 0.115 e. The Hall–Kier alpha value is -1.35. The van der Waals surface area contributed by atoms with Gasteiger partial charge in [0.1, 0.15) is 11.1 Å². The van der Waals surface area contributed by atoms with Gasteiger partial charge in [-0.3, -0.25) is 0 Å². The topological polar surface area (TPSA) is 48.7 Å². The Morgan fingerprint density at radius 1 is 1.42 bits per heavy atom. The van der Waals surface area contributed by atoms with Crippen LogP contribution in [-0.2, 0) is 6.54 Å². The van der Waals surface area contributed by atoms with Crippen LogP contribution in [0.3, 0.4) is 0 Å². The fourth-order valence-corrected chi connectivity index (χ4v) is 2.95. The number of aromatic nitrogens is 1. The first-order valence-electron chi connectivity index (χ1n) is 5.70. The summed E-state index contributed by atoms with van der Waals surface area (Å²) in [5.74, 6) is 0. The third-order valence-electron chi connectivity index (χ3n) is 2.48. The molecule has 0 unspecified atom stereocenters. The van der Waals surface area contributed by atoms with Crippen LogP contribution in [0.1, 0.15) is 11.1 Å². The van der Waals surface area contributed by atoms with Crippen LogP contribution in [0, 0.1) is 11.3 Å². The molecule has 1 N–H and O–H groups in total. The van der Waals surface area contributed by atoms with Gasteiger partial charge >= 0.3 is 0 Å². The van der Waals surface area contributed by atoms with Gasteiger partial charge < -0.3 is 5.32 Å². The third-order valence-corrected chi connectivity index (χ3v) is 4.47. The van der Waals surface area contributed by atoms with Gasteiger partial charge in [0.25, 0.3) is 0 Å². The predicted octanol–water partition coefficient (Wildman–Crippen LogP) is 3.59. The van der Waals surface area contributed by atoms with Crippen molar-refractivity contribution >= 4 is 27.7 Å². The Labute approximate surface area is 125 Å². The molecule has 0 amide bonds. The molecule has 2 rings (SSSR count). The highest BCUT2D eigenvalue weighted by Crippen LogP contribution is 2.33. The normalized spacial score (nSPS) is 10.2. The van der Waals surface area contributed by atoms with Crippen molar-refractivity contribution in [3.63, 3.8) is 0 Å². The average Bonchev–Trinajstić information content (AvgIpc) is 2.43. The lowest BCUT2D eigenvalue weighted by Gasteiger charge is -2.07. The first-order valence-corrected chi connectivity index (χ1v) is 7.31. The second-order valence-electron chi connectivity index (χ2n) is 3.87. The molecule has 3 nitrogen and oxygen atoms in total. The summed E-state index contributed by atoms with van der Waals surface area (Å²) >= 11 is 4.95. The van der Waals surface area contributed by atoms with Crippen molar-refractivity contribution in [2.75, 3.05) is 7.05 Å². The van der Waals surface area contributed by atoms with Crippen molar-refractivity contribution in [3.8, 4) is 6.07 Å². The minimum Gasteiger partial charge on any atom is -0.316 e. The van der Waals surface area contributed by atoms with E-state index >= 15 is 0 Å². The molecule has 96 valence electrons. The predicted molar refractivity (Wildman–Crippen MR) is 80.0 cm³/mol. The van der Waals surface area contributed by atoms with Crippen LogP contribution in [0.15, 0.2) is 50.9 Å². The van der Waals surface area contributed by atoms with E-state index in [0.717, 1.165) is 26.5 Å². The highest BCUT2D eigenvalue weighted by molar-refractivity contribution is 9.10. The quantitative estimate of drug-likeness (QED) is 0.928. The molecule has 0 atom stereocenters. The summed E-state index contributed by atoms with van der Waals surface area (Å²) in [6, 6.07) is 12.0. The van der Waals surface area contributed by atoms with Crippen molar-refractivity contribution in [1.29, 1.82) is 5.26 Å². The lowest BCUT2D eigenvalue weighted by molar-refractivity contribution is 0.816. The monoisotopic (exact) mass is 333 g/mol. The molecule has 0 aliphatic heterocycles. The van der Waals surface area contributed by atoms with Gasteiger partial charge in [0.15, 0.2) is 0 Å². The number of nitriles is 1. The fourth-order valence-electron chi connectivity index (χ4n) is 1.62. The Bertz CT molecular complexity index is 622. The molecule has 0 spiro atoms. The molecule has 0 bridgehead atoms. The van der Waals surface area contributed by atoms with Crippen molar-refractivity contribution in [3.05, 3.63) is 52.1 Å². The van der Waals surface area contributed by atoms with Crippen molar-refractivity contribution in [2.24, 2.45) is 0 Å². The molecule has 0 saturated heterocycles. The van der Waals surface area contributed by atoms with Gasteiger partial charge in [0.05, 0.1) is 10.0 Å². The molecule has 1 aromatic carbocycles. The van der Waals surface area contributed by atoms with Crippen LogP contribution >= 0.6 is 27.7 Å². The van der Waals surface area contributed by atoms with Gasteiger partial charge in [-0.15, -0.1) is 0 Å². The highest BCUT2D eigenvalue weighted by Gasteiger charge is 2.08. The molecule has 5 heteroatoms. The Morgan fingerprint density at radius 3 is 2.95 bits per heavy atom. The number of nitrogens with zero attached hydrogens (tertiary/aromatic N) is 2. The fraction of sp³-hybridized carbons (Fsp3) is 0.143. The Kier molecular flexibility index (Phi) is 4.97. The van der Waals surface area contributed by atoms with E-state index in [1.54, 1.807) is 6.20 Å². The SMILES string of the molecule is CNCc1ccc(Sc2ncccc2Br)c(C#N)c1. The zero-order chi connectivity index (χ0) is 13.7. The van der Waals surface area contributed by atoms with Gasteiger partial charge in [-0.2, -0.15) is 5.26 Å². The molecule has 2 aromatic rings. The number of halogens is 1. The molecule has 0 aliphatic rings. The molecular formula is C14H12BrN3S. The maximum atomic E-state index is 9.24. The van der Waals surface area contributed by atoms with Crippen molar-refractivity contribution < 1.29 is 0 Å². The van der Waals surface area contributed by atoms with Crippen LogP contribution in [0.2, 0.25) is 0 Å². The molecule has 1 aromatic heterocycles. The second kappa shape index (κ2) is 6.71.